The molecule has 5 aromatic rings. The number of carbonyl (C=O) groups is 3. The zero-order chi connectivity index (χ0) is 34.1. The van der Waals surface area contributed by atoms with Gasteiger partial charge < -0.3 is 9.47 Å². The van der Waals surface area contributed by atoms with Gasteiger partial charge in [0, 0.05) is 5.02 Å². The molecule has 1 heterocycles. The van der Waals surface area contributed by atoms with Crippen molar-refractivity contribution in [2.75, 3.05) is 19.1 Å². The van der Waals surface area contributed by atoms with Crippen LogP contribution in [0.1, 0.15) is 22.3 Å². The molecule has 0 aromatic heterocycles. The quantitative estimate of drug-likeness (QED) is 0.162. The van der Waals surface area contributed by atoms with Gasteiger partial charge in [-0.05, 0) is 75.9 Å². The van der Waals surface area contributed by atoms with Crippen LogP contribution in [0.25, 0.3) is 11.1 Å². The molecule has 0 unspecified atom stereocenters. The highest BCUT2D eigenvalue weighted by atomic mass is 35.5. The summed E-state index contributed by atoms with van der Waals surface area (Å²) in [5.41, 5.74) is 1.22. The molecule has 0 radical (unpaired) electrons. The number of carbonyl (C=O) groups excluding carboxylic acids is 3. The molecule has 1 saturated heterocycles. The summed E-state index contributed by atoms with van der Waals surface area (Å²) < 4.78 is 11.0. The zero-order valence-electron chi connectivity index (χ0n) is 26.5. The van der Waals surface area contributed by atoms with Crippen LogP contribution in [0.5, 0.6) is 11.5 Å². The number of fused-ring (bicyclic) bond motifs is 5. The molecule has 2 aliphatic carbocycles. The van der Waals surface area contributed by atoms with Crippen molar-refractivity contribution in [2.45, 2.75) is 10.8 Å². The number of ketones is 1. The molecule has 242 valence electrons. The summed E-state index contributed by atoms with van der Waals surface area (Å²) >= 11 is 12.9. The fourth-order valence-electron chi connectivity index (χ4n) is 8.54. The standard InChI is InChI=1S/C41H29Cl2NO5/c1-48-29-18-13-24(14-19-29)33-34(25-15-20-30(49-2)21-16-25)41(27-11-7-4-8-12-27)36-35(40(33,39(41)47)26-9-5-3-6-10-26)37(45)44(38(36)46)32-22-17-28(42)23-31(32)43/h3-23,35-36H,1-2H3/t35-,36+,40-,41-/m1/s1. The Labute approximate surface area is 293 Å². The first-order valence-electron chi connectivity index (χ1n) is 15.8. The van der Waals surface area contributed by atoms with Crippen LogP contribution in [-0.4, -0.2) is 31.8 Å². The summed E-state index contributed by atoms with van der Waals surface area (Å²) in [6.07, 6.45) is 0. The number of hydrogen-bond acceptors (Lipinski definition) is 5. The molecule has 6 nitrogen and oxygen atoms in total. The normalized spacial score (nSPS) is 24.1. The molecule has 0 spiro atoms. The highest BCUT2D eigenvalue weighted by molar-refractivity contribution is 6.42. The molecule has 4 atom stereocenters. The topological polar surface area (TPSA) is 72.9 Å². The Kier molecular flexibility index (Phi) is 7.28. The van der Waals surface area contributed by atoms with E-state index in [2.05, 4.69) is 0 Å². The molecular formula is C41H29Cl2NO5. The lowest BCUT2D eigenvalue weighted by atomic mass is 9.59. The third-order valence-corrected chi connectivity index (χ3v) is 10.9. The smallest absolute Gasteiger partial charge is 0.239 e. The largest absolute Gasteiger partial charge is 0.497 e. The fourth-order valence-corrected chi connectivity index (χ4v) is 9.03. The van der Waals surface area contributed by atoms with Gasteiger partial charge in [-0.15, -0.1) is 0 Å². The zero-order valence-corrected chi connectivity index (χ0v) is 28.0. The third kappa shape index (κ3) is 4.11. The molecule has 1 saturated carbocycles. The molecule has 2 bridgehead atoms. The van der Waals surface area contributed by atoms with Gasteiger partial charge in [0.2, 0.25) is 11.8 Å². The van der Waals surface area contributed by atoms with Crippen LogP contribution in [0.15, 0.2) is 127 Å². The molecule has 2 fully saturated rings. The van der Waals surface area contributed by atoms with Gasteiger partial charge >= 0.3 is 0 Å². The second-order valence-electron chi connectivity index (χ2n) is 12.4. The van der Waals surface area contributed by atoms with E-state index >= 15 is 14.4 Å². The first-order chi connectivity index (χ1) is 23.8. The average molecular weight is 687 g/mol. The van der Waals surface area contributed by atoms with E-state index in [1.165, 1.54) is 11.0 Å². The van der Waals surface area contributed by atoms with E-state index in [9.17, 15) is 0 Å². The van der Waals surface area contributed by atoms with Crippen LogP contribution in [0.2, 0.25) is 10.0 Å². The molecule has 2 amide bonds. The number of imide groups is 1. The monoisotopic (exact) mass is 685 g/mol. The predicted octanol–water partition coefficient (Wildman–Crippen LogP) is 8.20. The van der Waals surface area contributed by atoms with Gasteiger partial charge in [-0.2, -0.15) is 0 Å². The van der Waals surface area contributed by atoms with Gasteiger partial charge in [0.25, 0.3) is 0 Å². The Morgan fingerprint density at radius 3 is 1.39 bits per heavy atom. The molecule has 3 aliphatic rings. The van der Waals surface area contributed by atoms with Gasteiger partial charge in [0.1, 0.15) is 11.5 Å². The maximum atomic E-state index is 16.0. The third-order valence-electron chi connectivity index (χ3n) is 10.4. The number of Topliss-reactive ketones (excluding diaryl/α,β-unsaturated/α-hetero) is 1. The second kappa shape index (κ2) is 11.5. The predicted molar refractivity (Wildman–Crippen MR) is 190 cm³/mol. The van der Waals surface area contributed by atoms with E-state index in [0.717, 1.165) is 11.1 Å². The number of amides is 2. The van der Waals surface area contributed by atoms with Gasteiger partial charge in [-0.1, -0.05) is 108 Å². The van der Waals surface area contributed by atoms with Crippen LogP contribution in [0, 0.1) is 11.8 Å². The van der Waals surface area contributed by atoms with Gasteiger partial charge in [-0.25, -0.2) is 4.90 Å². The summed E-state index contributed by atoms with van der Waals surface area (Å²) in [6, 6.07) is 38.5. The molecule has 8 heteroatoms. The van der Waals surface area contributed by atoms with Crippen molar-refractivity contribution in [3.8, 4) is 11.5 Å². The number of nitrogens with zero attached hydrogens (tertiary/aromatic N) is 1. The number of allylic oxidation sites excluding steroid dienone is 2. The van der Waals surface area contributed by atoms with Gasteiger partial charge in [-0.3, -0.25) is 14.4 Å². The van der Waals surface area contributed by atoms with Crippen molar-refractivity contribution in [1.29, 1.82) is 0 Å². The lowest BCUT2D eigenvalue weighted by Gasteiger charge is -2.39. The number of methoxy groups -OCH3 is 2. The molecule has 49 heavy (non-hydrogen) atoms. The lowest BCUT2D eigenvalue weighted by Crippen LogP contribution is -2.45. The molecule has 1 aliphatic heterocycles. The first kappa shape index (κ1) is 31.1. The molecular weight excluding hydrogens is 657 g/mol. The SMILES string of the molecule is COc1ccc(C2=C(c3ccc(OC)cc3)[C@@]3(c4ccccc4)C(=O)[C@@]2(c2ccccc2)[C@@H]2C(=O)N(c4ccc(Cl)cc4Cl)C(=O)[C@@H]23)cc1. The number of benzene rings is 5. The maximum Gasteiger partial charge on any atom is 0.239 e. The minimum atomic E-state index is -1.55. The molecule has 8 rings (SSSR count). The number of halogens is 2. The van der Waals surface area contributed by atoms with Crippen molar-refractivity contribution < 1.29 is 23.9 Å². The van der Waals surface area contributed by atoms with E-state index in [1.54, 1.807) is 26.4 Å². The Morgan fingerprint density at radius 2 is 1.00 bits per heavy atom. The van der Waals surface area contributed by atoms with Crippen molar-refractivity contribution in [1.82, 2.24) is 0 Å². The Morgan fingerprint density at radius 1 is 0.571 bits per heavy atom. The van der Waals surface area contributed by atoms with E-state index in [0.29, 0.717) is 38.8 Å². The van der Waals surface area contributed by atoms with Crippen molar-refractivity contribution in [2.24, 2.45) is 11.8 Å². The lowest BCUT2D eigenvalue weighted by molar-refractivity contribution is -0.130. The number of ether oxygens (including phenoxy) is 2. The number of anilines is 1. The van der Waals surface area contributed by atoms with Crippen LogP contribution >= 0.6 is 23.2 Å². The average Bonchev–Trinajstić information content (AvgIpc) is 3.64. The number of hydrogen-bond donors (Lipinski definition) is 0. The Balaban J connectivity index is 1.54. The van der Waals surface area contributed by atoms with Crippen molar-refractivity contribution in [3.05, 3.63) is 160 Å². The summed E-state index contributed by atoms with van der Waals surface area (Å²) in [6.45, 7) is 0. The summed E-state index contributed by atoms with van der Waals surface area (Å²) in [4.78, 5) is 47.5. The van der Waals surface area contributed by atoms with E-state index in [4.69, 9.17) is 32.7 Å². The number of rotatable bonds is 7. The van der Waals surface area contributed by atoms with Gasteiger partial charge in [0.15, 0.2) is 5.78 Å². The Bertz CT molecular complexity index is 2050. The van der Waals surface area contributed by atoms with E-state index in [-0.39, 0.29) is 16.5 Å². The minimum Gasteiger partial charge on any atom is -0.497 e. The van der Waals surface area contributed by atoms with Crippen LogP contribution in [0.4, 0.5) is 5.69 Å². The first-order valence-corrected chi connectivity index (χ1v) is 16.6. The molecule has 5 aromatic carbocycles. The summed E-state index contributed by atoms with van der Waals surface area (Å²) in [5, 5.41) is 0.532. The highest BCUT2D eigenvalue weighted by Gasteiger charge is 2.82. The van der Waals surface area contributed by atoms with Crippen molar-refractivity contribution in [3.63, 3.8) is 0 Å². The fraction of sp³-hybridized carbons (Fsp3) is 0.146. The molecule has 0 N–H and O–H groups in total. The second-order valence-corrected chi connectivity index (χ2v) is 13.3. The maximum absolute atomic E-state index is 16.0. The van der Waals surface area contributed by atoms with Crippen LogP contribution in [0.3, 0.4) is 0 Å². The Hall–Kier alpha value is -5.17. The van der Waals surface area contributed by atoms with E-state index in [1.807, 2.05) is 109 Å². The van der Waals surface area contributed by atoms with Crippen molar-refractivity contribution >= 4 is 57.6 Å². The van der Waals surface area contributed by atoms with Gasteiger partial charge in [0.05, 0.1) is 47.6 Å². The highest BCUT2D eigenvalue weighted by Crippen LogP contribution is 2.74. The van der Waals surface area contributed by atoms with Crippen LogP contribution < -0.4 is 14.4 Å². The minimum absolute atomic E-state index is 0.161. The summed E-state index contributed by atoms with van der Waals surface area (Å²) in [7, 11) is 3.19. The summed E-state index contributed by atoms with van der Waals surface area (Å²) in [5.74, 6) is -2.08. The van der Waals surface area contributed by atoms with Crippen LogP contribution in [-0.2, 0) is 25.2 Å². The van der Waals surface area contributed by atoms with E-state index < -0.39 is 34.5 Å².